The Morgan fingerprint density at radius 3 is 2.93 bits per heavy atom. The maximum Gasteiger partial charge on any atom is 0.219 e. The maximum atomic E-state index is 11.0. The minimum Gasteiger partial charge on any atom is -0.389 e. The van der Waals surface area contributed by atoms with E-state index < -0.39 is 5.60 Å². The van der Waals surface area contributed by atoms with Crippen LogP contribution in [0.1, 0.15) is 32.6 Å². The third-order valence-corrected chi connectivity index (χ3v) is 2.91. The number of rotatable bonds is 4. The lowest BCUT2D eigenvalue weighted by molar-refractivity contribution is -0.120. The largest absolute Gasteiger partial charge is 0.389 e. The van der Waals surface area contributed by atoms with Crippen molar-refractivity contribution in [1.29, 1.82) is 0 Å². The molecule has 88 valence electrons. The Balaban J connectivity index is 2.18. The molecule has 1 atom stereocenters. The molecular weight excluding hydrogens is 192 g/mol. The van der Waals surface area contributed by atoms with E-state index >= 15 is 0 Å². The molecule has 1 saturated heterocycles. The van der Waals surface area contributed by atoms with Gasteiger partial charge in [-0.1, -0.05) is 0 Å². The number of piperidine rings is 1. The SMILES string of the molecule is CNC(=O)CCCN1CCCC(C)(O)C1. The van der Waals surface area contributed by atoms with E-state index in [4.69, 9.17) is 0 Å². The lowest BCUT2D eigenvalue weighted by Crippen LogP contribution is -2.46. The van der Waals surface area contributed by atoms with Crippen LogP contribution in [0, 0.1) is 0 Å². The first-order valence-corrected chi connectivity index (χ1v) is 5.69. The van der Waals surface area contributed by atoms with E-state index in [1.807, 2.05) is 6.92 Å². The molecule has 1 heterocycles. The van der Waals surface area contributed by atoms with E-state index in [1.54, 1.807) is 7.05 Å². The van der Waals surface area contributed by atoms with Gasteiger partial charge in [0.2, 0.25) is 5.91 Å². The summed E-state index contributed by atoms with van der Waals surface area (Å²) in [5.41, 5.74) is -0.536. The number of hydrogen-bond donors (Lipinski definition) is 2. The lowest BCUT2D eigenvalue weighted by atomic mass is 9.95. The molecule has 0 bridgehead atoms. The summed E-state index contributed by atoms with van der Waals surface area (Å²) in [6.07, 6.45) is 3.39. The molecule has 1 aliphatic heterocycles. The van der Waals surface area contributed by atoms with Gasteiger partial charge < -0.3 is 15.3 Å². The first-order valence-electron chi connectivity index (χ1n) is 5.69. The summed E-state index contributed by atoms with van der Waals surface area (Å²) in [5, 5.41) is 12.5. The van der Waals surface area contributed by atoms with Crippen LogP contribution in [-0.2, 0) is 4.79 Å². The minimum absolute atomic E-state index is 0.0961. The fraction of sp³-hybridized carbons (Fsp3) is 0.909. The molecule has 0 radical (unpaired) electrons. The normalized spacial score (nSPS) is 27.7. The van der Waals surface area contributed by atoms with Crippen molar-refractivity contribution in [2.45, 2.75) is 38.2 Å². The van der Waals surface area contributed by atoms with Gasteiger partial charge in [0, 0.05) is 20.0 Å². The molecule has 4 heteroatoms. The number of aliphatic hydroxyl groups is 1. The highest BCUT2D eigenvalue weighted by Gasteiger charge is 2.27. The first kappa shape index (κ1) is 12.5. The van der Waals surface area contributed by atoms with Crippen molar-refractivity contribution in [1.82, 2.24) is 10.2 Å². The quantitative estimate of drug-likeness (QED) is 0.710. The minimum atomic E-state index is -0.536. The van der Waals surface area contributed by atoms with Crippen molar-refractivity contribution in [2.75, 3.05) is 26.7 Å². The van der Waals surface area contributed by atoms with Gasteiger partial charge in [0.05, 0.1) is 5.60 Å². The van der Waals surface area contributed by atoms with Gasteiger partial charge in [0.25, 0.3) is 0 Å². The number of carbonyl (C=O) groups excluding carboxylic acids is 1. The molecule has 4 nitrogen and oxygen atoms in total. The van der Waals surface area contributed by atoms with Crippen LogP contribution in [0.15, 0.2) is 0 Å². The number of hydrogen-bond acceptors (Lipinski definition) is 3. The summed E-state index contributed by atoms with van der Waals surface area (Å²) in [5.74, 6) is 0.0961. The van der Waals surface area contributed by atoms with E-state index in [1.165, 1.54) is 0 Å². The molecule has 0 aromatic rings. The summed E-state index contributed by atoms with van der Waals surface area (Å²) >= 11 is 0. The maximum absolute atomic E-state index is 11.0. The fourth-order valence-electron chi connectivity index (χ4n) is 2.10. The number of nitrogens with zero attached hydrogens (tertiary/aromatic N) is 1. The van der Waals surface area contributed by atoms with Crippen molar-refractivity contribution in [2.24, 2.45) is 0 Å². The third-order valence-electron chi connectivity index (χ3n) is 2.91. The predicted molar refractivity (Wildman–Crippen MR) is 59.6 cm³/mol. The predicted octanol–water partition coefficient (Wildman–Crippen LogP) is 0.359. The highest BCUT2D eigenvalue weighted by molar-refractivity contribution is 5.75. The number of nitrogens with one attached hydrogen (secondary N) is 1. The molecule has 0 spiro atoms. The van der Waals surface area contributed by atoms with Gasteiger partial charge >= 0.3 is 0 Å². The molecular formula is C11H22N2O2. The van der Waals surface area contributed by atoms with Gasteiger partial charge in [0.1, 0.15) is 0 Å². The Morgan fingerprint density at radius 2 is 2.33 bits per heavy atom. The van der Waals surface area contributed by atoms with E-state index in [2.05, 4.69) is 10.2 Å². The zero-order valence-electron chi connectivity index (χ0n) is 9.75. The molecule has 1 amide bonds. The summed E-state index contributed by atoms with van der Waals surface area (Å²) in [6.45, 7) is 4.58. The van der Waals surface area contributed by atoms with Gasteiger partial charge in [-0.25, -0.2) is 0 Å². The smallest absolute Gasteiger partial charge is 0.219 e. The second kappa shape index (κ2) is 5.47. The van der Waals surface area contributed by atoms with E-state index in [0.29, 0.717) is 6.42 Å². The van der Waals surface area contributed by atoms with Gasteiger partial charge in [0.15, 0.2) is 0 Å². The van der Waals surface area contributed by atoms with E-state index in [9.17, 15) is 9.90 Å². The topological polar surface area (TPSA) is 52.6 Å². The average molecular weight is 214 g/mol. The Morgan fingerprint density at radius 1 is 1.60 bits per heavy atom. The molecule has 1 fully saturated rings. The van der Waals surface area contributed by atoms with Crippen LogP contribution < -0.4 is 5.32 Å². The van der Waals surface area contributed by atoms with E-state index in [0.717, 1.165) is 38.9 Å². The fourth-order valence-corrected chi connectivity index (χ4v) is 2.10. The van der Waals surface area contributed by atoms with Crippen LogP contribution in [0.3, 0.4) is 0 Å². The molecule has 0 aromatic heterocycles. The third kappa shape index (κ3) is 4.62. The summed E-state index contributed by atoms with van der Waals surface area (Å²) in [4.78, 5) is 13.2. The molecule has 1 aliphatic rings. The van der Waals surface area contributed by atoms with E-state index in [-0.39, 0.29) is 5.91 Å². The summed E-state index contributed by atoms with van der Waals surface area (Å²) < 4.78 is 0. The van der Waals surface area contributed by atoms with Crippen molar-refractivity contribution in [3.63, 3.8) is 0 Å². The summed E-state index contributed by atoms with van der Waals surface area (Å²) in [6, 6.07) is 0. The van der Waals surface area contributed by atoms with Crippen LogP contribution in [0.2, 0.25) is 0 Å². The molecule has 0 aromatic carbocycles. The first-order chi connectivity index (χ1) is 7.03. The molecule has 0 saturated carbocycles. The van der Waals surface area contributed by atoms with Gasteiger partial charge in [-0.3, -0.25) is 4.79 Å². The van der Waals surface area contributed by atoms with Crippen molar-refractivity contribution in [3.05, 3.63) is 0 Å². The second-order valence-electron chi connectivity index (χ2n) is 4.65. The zero-order valence-corrected chi connectivity index (χ0v) is 9.75. The molecule has 1 unspecified atom stereocenters. The van der Waals surface area contributed by atoms with Gasteiger partial charge in [-0.2, -0.15) is 0 Å². The highest BCUT2D eigenvalue weighted by Crippen LogP contribution is 2.20. The second-order valence-corrected chi connectivity index (χ2v) is 4.65. The average Bonchev–Trinajstić information content (AvgIpc) is 2.16. The number of amides is 1. The molecule has 2 N–H and O–H groups in total. The Kier molecular flexibility index (Phi) is 4.54. The van der Waals surface area contributed by atoms with Crippen molar-refractivity contribution in [3.8, 4) is 0 Å². The molecule has 0 aliphatic carbocycles. The van der Waals surface area contributed by atoms with Crippen LogP contribution in [0.5, 0.6) is 0 Å². The standard InChI is InChI=1S/C11H22N2O2/c1-11(15)6-4-8-13(9-11)7-3-5-10(14)12-2/h15H,3-9H2,1-2H3,(H,12,14). The lowest BCUT2D eigenvalue weighted by Gasteiger charge is -2.36. The molecule has 15 heavy (non-hydrogen) atoms. The summed E-state index contributed by atoms with van der Waals surface area (Å²) in [7, 11) is 1.66. The zero-order chi connectivity index (χ0) is 11.3. The van der Waals surface area contributed by atoms with Gasteiger partial charge in [-0.05, 0) is 39.3 Å². The van der Waals surface area contributed by atoms with Crippen LogP contribution in [0.4, 0.5) is 0 Å². The number of β-amino-alcohol motifs (C(OH)–C–C–N with tert-alkyl or cyclic N) is 1. The van der Waals surface area contributed by atoms with Gasteiger partial charge in [-0.15, -0.1) is 0 Å². The van der Waals surface area contributed by atoms with Crippen LogP contribution in [-0.4, -0.2) is 48.2 Å². The Bertz CT molecular complexity index is 217. The monoisotopic (exact) mass is 214 g/mol. The molecule has 1 rings (SSSR count). The van der Waals surface area contributed by atoms with Crippen LogP contribution >= 0.6 is 0 Å². The Hall–Kier alpha value is -0.610. The highest BCUT2D eigenvalue weighted by atomic mass is 16.3. The number of likely N-dealkylation sites (tertiary alicyclic amines) is 1. The van der Waals surface area contributed by atoms with Crippen molar-refractivity contribution < 1.29 is 9.90 Å². The Labute approximate surface area is 91.6 Å². The van der Waals surface area contributed by atoms with Crippen molar-refractivity contribution >= 4 is 5.91 Å². The number of carbonyl (C=O) groups is 1. The van der Waals surface area contributed by atoms with Crippen LogP contribution in [0.25, 0.3) is 0 Å².